The van der Waals surface area contributed by atoms with Crippen LogP contribution in [0.15, 0.2) is 47.5 Å². The fourth-order valence-corrected chi connectivity index (χ4v) is 4.42. The van der Waals surface area contributed by atoms with Crippen LogP contribution >= 0.6 is 0 Å². The highest BCUT2D eigenvalue weighted by molar-refractivity contribution is 7.92. The number of hydrogen-bond acceptors (Lipinski definition) is 4. The van der Waals surface area contributed by atoms with Crippen molar-refractivity contribution in [1.82, 2.24) is 4.98 Å². The van der Waals surface area contributed by atoms with Crippen LogP contribution in [0.25, 0.3) is 10.9 Å². The van der Waals surface area contributed by atoms with Gasteiger partial charge in [0.25, 0.3) is 10.0 Å². The highest BCUT2D eigenvalue weighted by atomic mass is 32.2. The quantitative estimate of drug-likeness (QED) is 0.724. The molecular formula is C20H22N2O3S. The van der Waals surface area contributed by atoms with E-state index in [1.165, 1.54) is 6.20 Å². The zero-order chi connectivity index (χ0) is 18.9. The van der Waals surface area contributed by atoms with E-state index < -0.39 is 10.0 Å². The van der Waals surface area contributed by atoms with E-state index in [4.69, 9.17) is 4.74 Å². The van der Waals surface area contributed by atoms with Crippen molar-refractivity contribution in [3.05, 3.63) is 59.3 Å². The number of sulfonamides is 1. The van der Waals surface area contributed by atoms with Gasteiger partial charge in [-0.3, -0.25) is 9.71 Å². The lowest BCUT2D eigenvalue weighted by Gasteiger charge is -2.17. The maximum Gasteiger partial charge on any atom is 0.262 e. The molecule has 3 rings (SSSR count). The molecule has 0 fully saturated rings. The lowest BCUT2D eigenvalue weighted by atomic mass is 10.1. The number of ether oxygens (including phenoxy) is 1. The summed E-state index contributed by atoms with van der Waals surface area (Å²) in [6, 6.07) is 11.0. The van der Waals surface area contributed by atoms with Crippen LogP contribution in [0.1, 0.15) is 23.6 Å². The van der Waals surface area contributed by atoms with Gasteiger partial charge in [-0.25, -0.2) is 8.42 Å². The lowest BCUT2D eigenvalue weighted by molar-refractivity contribution is 0.335. The van der Waals surface area contributed by atoms with Crippen LogP contribution in [0.2, 0.25) is 0 Å². The van der Waals surface area contributed by atoms with Gasteiger partial charge in [-0.15, -0.1) is 0 Å². The van der Waals surface area contributed by atoms with Gasteiger partial charge in [-0.2, -0.15) is 0 Å². The fourth-order valence-electron chi connectivity index (χ4n) is 3.00. The predicted molar refractivity (Wildman–Crippen MR) is 104 cm³/mol. The van der Waals surface area contributed by atoms with E-state index >= 15 is 0 Å². The molecule has 26 heavy (non-hydrogen) atoms. The molecule has 0 aliphatic rings. The third kappa shape index (κ3) is 3.37. The summed E-state index contributed by atoms with van der Waals surface area (Å²) in [5, 5.41) is 0.878. The van der Waals surface area contributed by atoms with Gasteiger partial charge < -0.3 is 4.74 Å². The molecule has 1 aromatic heterocycles. The molecule has 5 nitrogen and oxygen atoms in total. The van der Waals surface area contributed by atoms with Crippen LogP contribution in [0.5, 0.6) is 5.75 Å². The van der Waals surface area contributed by atoms with E-state index in [2.05, 4.69) is 9.71 Å². The second-order valence-corrected chi connectivity index (χ2v) is 7.88. The summed E-state index contributed by atoms with van der Waals surface area (Å²) in [7, 11) is -3.73. The summed E-state index contributed by atoms with van der Waals surface area (Å²) in [6.45, 7) is 7.98. The summed E-state index contributed by atoms with van der Waals surface area (Å²) in [6.07, 6.45) is 1.53. The molecule has 0 aliphatic heterocycles. The molecule has 0 spiro atoms. The number of hydrogen-bond donors (Lipinski definition) is 1. The second kappa shape index (κ2) is 6.96. The molecule has 0 radical (unpaired) electrons. The van der Waals surface area contributed by atoms with Gasteiger partial charge in [-0.05, 0) is 62.6 Å². The number of nitrogens with zero attached hydrogens (tertiary/aromatic N) is 1. The molecule has 1 N–H and O–H groups in total. The molecule has 2 aromatic carbocycles. The van der Waals surface area contributed by atoms with E-state index in [1.54, 1.807) is 19.1 Å². The molecular weight excluding hydrogens is 348 g/mol. The van der Waals surface area contributed by atoms with Crippen LogP contribution < -0.4 is 9.46 Å². The topological polar surface area (TPSA) is 68.3 Å². The number of nitrogens with one attached hydrogen (secondary N) is 1. The molecule has 0 aliphatic carbocycles. The van der Waals surface area contributed by atoms with Gasteiger partial charge in [-0.1, -0.05) is 18.2 Å². The molecule has 0 atom stereocenters. The Morgan fingerprint density at radius 2 is 1.81 bits per heavy atom. The smallest absolute Gasteiger partial charge is 0.262 e. The summed E-state index contributed by atoms with van der Waals surface area (Å²) < 4.78 is 34.2. The van der Waals surface area contributed by atoms with Crippen molar-refractivity contribution in [3.63, 3.8) is 0 Å². The first-order valence-electron chi connectivity index (χ1n) is 8.44. The Hall–Kier alpha value is -2.60. The summed E-state index contributed by atoms with van der Waals surface area (Å²) in [5.74, 6) is 0.747. The lowest BCUT2D eigenvalue weighted by Crippen LogP contribution is -2.16. The van der Waals surface area contributed by atoms with Gasteiger partial charge in [0.15, 0.2) is 0 Å². The maximum absolute atomic E-state index is 13.0. The van der Waals surface area contributed by atoms with Crippen LogP contribution in [0.4, 0.5) is 5.69 Å². The van der Waals surface area contributed by atoms with Crippen molar-refractivity contribution in [2.24, 2.45) is 0 Å². The monoisotopic (exact) mass is 370 g/mol. The first-order valence-corrected chi connectivity index (χ1v) is 9.93. The van der Waals surface area contributed by atoms with Crippen molar-refractivity contribution >= 4 is 26.6 Å². The number of pyridine rings is 1. The normalized spacial score (nSPS) is 11.5. The Balaban J connectivity index is 2.02. The minimum absolute atomic E-state index is 0.254. The van der Waals surface area contributed by atoms with Crippen LogP contribution in [-0.2, 0) is 10.0 Å². The second-order valence-electron chi connectivity index (χ2n) is 6.23. The van der Waals surface area contributed by atoms with Crippen LogP contribution in [0, 0.1) is 20.8 Å². The average Bonchev–Trinajstić information content (AvgIpc) is 2.61. The molecule has 0 bridgehead atoms. The highest BCUT2D eigenvalue weighted by Crippen LogP contribution is 2.32. The van der Waals surface area contributed by atoms with Crippen LogP contribution in [-0.4, -0.2) is 20.0 Å². The van der Waals surface area contributed by atoms with Crippen molar-refractivity contribution in [1.29, 1.82) is 0 Å². The van der Waals surface area contributed by atoms with Crippen molar-refractivity contribution < 1.29 is 13.2 Å². The third-order valence-electron chi connectivity index (χ3n) is 4.40. The third-order valence-corrected chi connectivity index (χ3v) is 5.91. The molecule has 136 valence electrons. The van der Waals surface area contributed by atoms with Gasteiger partial charge in [0.1, 0.15) is 5.75 Å². The largest absolute Gasteiger partial charge is 0.493 e. The molecule has 3 aromatic rings. The standard InChI is InChI=1S/C20H22N2O3S/c1-5-25-20-13(2)10-19(14(3)15(20)4)26(23,24)22-17-11-16-8-6-7-9-18(16)21-12-17/h6-12,22H,5H2,1-4H3. The molecule has 0 amide bonds. The van der Waals surface area contributed by atoms with Crippen molar-refractivity contribution in [3.8, 4) is 5.75 Å². The Labute approximate surface area is 154 Å². The summed E-state index contributed by atoms with van der Waals surface area (Å²) >= 11 is 0. The first kappa shape index (κ1) is 18.2. The number of aromatic nitrogens is 1. The van der Waals surface area contributed by atoms with E-state index in [1.807, 2.05) is 45.0 Å². The van der Waals surface area contributed by atoms with E-state index in [-0.39, 0.29) is 4.90 Å². The van der Waals surface area contributed by atoms with Gasteiger partial charge in [0.05, 0.1) is 28.9 Å². The molecule has 0 saturated carbocycles. The van der Waals surface area contributed by atoms with Crippen LogP contribution in [0.3, 0.4) is 0 Å². The van der Waals surface area contributed by atoms with E-state index in [0.717, 1.165) is 27.8 Å². The number of aryl methyl sites for hydroxylation is 1. The number of para-hydroxylation sites is 1. The first-order chi connectivity index (χ1) is 12.3. The maximum atomic E-state index is 13.0. The molecule has 0 saturated heterocycles. The van der Waals surface area contributed by atoms with E-state index in [0.29, 0.717) is 17.9 Å². The number of benzene rings is 2. The summed E-state index contributed by atoms with van der Waals surface area (Å²) in [5.41, 5.74) is 3.57. The number of fused-ring (bicyclic) bond motifs is 1. The SMILES string of the molecule is CCOc1c(C)cc(S(=O)(=O)Nc2cnc3ccccc3c2)c(C)c1C. The Kier molecular flexibility index (Phi) is 4.87. The fraction of sp³-hybridized carbons (Fsp3) is 0.250. The predicted octanol–water partition coefficient (Wildman–Crippen LogP) is 4.36. The van der Waals surface area contributed by atoms with Crippen molar-refractivity contribution in [2.45, 2.75) is 32.6 Å². The molecule has 1 heterocycles. The van der Waals surface area contributed by atoms with Gasteiger partial charge in [0.2, 0.25) is 0 Å². The van der Waals surface area contributed by atoms with Crippen molar-refractivity contribution in [2.75, 3.05) is 11.3 Å². The Morgan fingerprint density at radius 3 is 2.54 bits per heavy atom. The minimum atomic E-state index is -3.73. The average molecular weight is 370 g/mol. The minimum Gasteiger partial charge on any atom is -0.493 e. The summed E-state index contributed by atoms with van der Waals surface area (Å²) in [4.78, 5) is 4.56. The zero-order valence-electron chi connectivity index (χ0n) is 15.3. The van der Waals surface area contributed by atoms with E-state index in [9.17, 15) is 8.42 Å². The Morgan fingerprint density at radius 1 is 1.08 bits per heavy atom. The number of rotatable bonds is 5. The highest BCUT2D eigenvalue weighted by Gasteiger charge is 2.22. The molecule has 6 heteroatoms. The Bertz CT molecular complexity index is 1080. The van der Waals surface area contributed by atoms with Gasteiger partial charge >= 0.3 is 0 Å². The molecule has 0 unspecified atom stereocenters. The van der Waals surface area contributed by atoms with Gasteiger partial charge in [0, 0.05) is 5.39 Å². The number of anilines is 1. The zero-order valence-corrected chi connectivity index (χ0v) is 16.1.